The van der Waals surface area contributed by atoms with Crippen LogP contribution in [0.2, 0.25) is 0 Å². The molecule has 0 atom stereocenters. The van der Waals surface area contributed by atoms with Crippen LogP contribution in [-0.4, -0.2) is 47.0 Å². The van der Waals surface area contributed by atoms with Gasteiger partial charge in [0.2, 0.25) is 5.91 Å². The first-order valence-electron chi connectivity index (χ1n) is 9.35. The summed E-state index contributed by atoms with van der Waals surface area (Å²) < 4.78 is 0. The average molecular weight is 366 g/mol. The molecule has 0 unspecified atom stereocenters. The fourth-order valence-electron chi connectivity index (χ4n) is 3.55. The smallest absolute Gasteiger partial charge is 0.271 e. The molecule has 1 N–H and O–H groups in total. The standard InChI is InChI=1S/C21H26N4O2/c1-4-17-12-15(6-9-22-17)16-13-19(21(27)23-14-16)24(3)18-7-10-25(11-8-18)20(26)5-2/h5-6,9,12-14,18H,2,4,7-8,10-11H2,1,3H3,(H,23,27). The topological polar surface area (TPSA) is 69.3 Å². The van der Waals surface area contributed by atoms with Gasteiger partial charge in [-0.1, -0.05) is 13.5 Å². The zero-order valence-electron chi connectivity index (χ0n) is 15.9. The van der Waals surface area contributed by atoms with Crippen molar-refractivity contribution in [2.24, 2.45) is 0 Å². The van der Waals surface area contributed by atoms with Crippen LogP contribution in [0.25, 0.3) is 11.1 Å². The first kappa shape index (κ1) is 18.9. The Morgan fingerprint density at radius 2 is 2.11 bits per heavy atom. The number of aromatic nitrogens is 2. The molecule has 6 heteroatoms. The Balaban J connectivity index is 1.81. The lowest BCUT2D eigenvalue weighted by Gasteiger charge is -2.37. The number of nitrogens with zero attached hydrogens (tertiary/aromatic N) is 3. The van der Waals surface area contributed by atoms with E-state index in [9.17, 15) is 9.59 Å². The molecule has 1 aliphatic heterocycles. The summed E-state index contributed by atoms with van der Waals surface area (Å²) in [7, 11) is 1.95. The van der Waals surface area contributed by atoms with Crippen LogP contribution in [0.15, 0.2) is 48.0 Å². The minimum atomic E-state index is -0.101. The second-order valence-electron chi connectivity index (χ2n) is 6.86. The van der Waals surface area contributed by atoms with Gasteiger partial charge in [-0.3, -0.25) is 14.6 Å². The van der Waals surface area contributed by atoms with Gasteiger partial charge in [0, 0.05) is 49.8 Å². The number of aromatic amines is 1. The molecule has 3 heterocycles. The molecule has 6 nitrogen and oxygen atoms in total. The molecule has 1 amide bonds. The van der Waals surface area contributed by atoms with E-state index in [2.05, 4.69) is 29.5 Å². The van der Waals surface area contributed by atoms with Crippen molar-refractivity contribution in [2.45, 2.75) is 32.2 Å². The number of hydrogen-bond donors (Lipinski definition) is 1. The molecule has 0 radical (unpaired) electrons. The Morgan fingerprint density at radius 1 is 1.37 bits per heavy atom. The summed E-state index contributed by atoms with van der Waals surface area (Å²) in [5.74, 6) is -0.0274. The molecule has 0 spiro atoms. The third-order valence-electron chi connectivity index (χ3n) is 5.27. The summed E-state index contributed by atoms with van der Waals surface area (Å²) in [5.41, 5.74) is 3.58. The maximum atomic E-state index is 12.4. The van der Waals surface area contributed by atoms with Crippen molar-refractivity contribution >= 4 is 11.6 Å². The maximum absolute atomic E-state index is 12.4. The fraction of sp³-hybridized carbons (Fsp3) is 0.381. The Bertz CT molecular complexity index is 882. The van der Waals surface area contributed by atoms with Crippen molar-refractivity contribution < 1.29 is 4.79 Å². The molecule has 2 aromatic heterocycles. The predicted octanol–water partition coefficient (Wildman–Crippen LogP) is 2.61. The molecule has 3 rings (SSSR count). The monoisotopic (exact) mass is 366 g/mol. The first-order valence-corrected chi connectivity index (χ1v) is 9.35. The first-order chi connectivity index (χ1) is 13.0. The largest absolute Gasteiger partial charge is 0.367 e. The molecule has 1 saturated heterocycles. The number of hydrogen-bond acceptors (Lipinski definition) is 4. The maximum Gasteiger partial charge on any atom is 0.271 e. The third kappa shape index (κ3) is 4.10. The number of piperidine rings is 1. The molecule has 0 saturated carbocycles. The summed E-state index contributed by atoms with van der Waals surface area (Å²) in [4.78, 5) is 35.2. The molecule has 27 heavy (non-hydrogen) atoms. The van der Waals surface area contributed by atoms with E-state index in [0.717, 1.165) is 36.1 Å². The van der Waals surface area contributed by atoms with E-state index >= 15 is 0 Å². The Hall–Kier alpha value is -2.89. The average Bonchev–Trinajstić information content (AvgIpc) is 2.73. The number of amides is 1. The minimum absolute atomic E-state index is 0.0274. The Labute approximate surface area is 159 Å². The highest BCUT2D eigenvalue weighted by molar-refractivity contribution is 5.87. The quantitative estimate of drug-likeness (QED) is 0.826. The molecule has 0 aromatic carbocycles. The van der Waals surface area contributed by atoms with Crippen molar-refractivity contribution in [3.63, 3.8) is 0 Å². The second kappa shape index (κ2) is 8.20. The lowest BCUT2D eigenvalue weighted by Crippen LogP contribution is -2.46. The van der Waals surface area contributed by atoms with Gasteiger partial charge in [-0.2, -0.15) is 0 Å². The van der Waals surface area contributed by atoms with Crippen LogP contribution in [0, 0.1) is 0 Å². The molecule has 0 aliphatic carbocycles. The number of rotatable bonds is 5. The minimum Gasteiger partial charge on any atom is -0.367 e. The van der Waals surface area contributed by atoms with Crippen molar-refractivity contribution in [1.82, 2.24) is 14.9 Å². The van der Waals surface area contributed by atoms with Gasteiger partial charge >= 0.3 is 0 Å². The van der Waals surface area contributed by atoms with Crippen LogP contribution in [0.3, 0.4) is 0 Å². The van der Waals surface area contributed by atoms with Crippen LogP contribution < -0.4 is 10.5 Å². The van der Waals surface area contributed by atoms with Gasteiger partial charge in [-0.15, -0.1) is 0 Å². The zero-order valence-corrected chi connectivity index (χ0v) is 15.9. The summed E-state index contributed by atoms with van der Waals surface area (Å²) in [5, 5.41) is 0. The van der Waals surface area contributed by atoms with Crippen LogP contribution in [0.1, 0.15) is 25.5 Å². The third-order valence-corrected chi connectivity index (χ3v) is 5.27. The van der Waals surface area contributed by atoms with E-state index in [4.69, 9.17) is 0 Å². The van der Waals surface area contributed by atoms with Crippen LogP contribution in [0.5, 0.6) is 0 Å². The highest BCUT2D eigenvalue weighted by Crippen LogP contribution is 2.25. The van der Waals surface area contributed by atoms with Crippen LogP contribution >= 0.6 is 0 Å². The van der Waals surface area contributed by atoms with E-state index in [-0.39, 0.29) is 17.5 Å². The summed E-state index contributed by atoms with van der Waals surface area (Å²) in [6, 6.07) is 6.17. The molecule has 0 bridgehead atoms. The highest BCUT2D eigenvalue weighted by Gasteiger charge is 2.25. The number of aryl methyl sites for hydroxylation is 1. The fourth-order valence-corrected chi connectivity index (χ4v) is 3.55. The SMILES string of the molecule is C=CC(=O)N1CCC(N(C)c2cc(-c3ccnc(CC)c3)c[nH]c2=O)CC1. The Kier molecular flexibility index (Phi) is 5.74. The van der Waals surface area contributed by atoms with E-state index < -0.39 is 0 Å². The van der Waals surface area contributed by atoms with Gasteiger partial charge in [-0.25, -0.2) is 0 Å². The van der Waals surface area contributed by atoms with E-state index in [1.807, 2.05) is 24.1 Å². The lowest BCUT2D eigenvalue weighted by molar-refractivity contribution is -0.126. The number of carbonyl (C=O) groups is 1. The van der Waals surface area contributed by atoms with Gasteiger partial charge < -0.3 is 14.8 Å². The van der Waals surface area contributed by atoms with E-state index in [0.29, 0.717) is 18.8 Å². The zero-order chi connectivity index (χ0) is 19.4. The molecule has 1 fully saturated rings. The van der Waals surface area contributed by atoms with E-state index in [1.54, 1.807) is 17.3 Å². The summed E-state index contributed by atoms with van der Waals surface area (Å²) >= 11 is 0. The number of H-pyrrole nitrogens is 1. The molecule has 142 valence electrons. The number of nitrogens with one attached hydrogen (secondary N) is 1. The molecular formula is C21H26N4O2. The Morgan fingerprint density at radius 3 is 2.78 bits per heavy atom. The number of likely N-dealkylation sites (tertiary alicyclic amines) is 1. The van der Waals surface area contributed by atoms with Gasteiger partial charge in [0.05, 0.1) is 0 Å². The molecule has 2 aromatic rings. The second-order valence-corrected chi connectivity index (χ2v) is 6.86. The lowest BCUT2D eigenvalue weighted by atomic mass is 10.0. The predicted molar refractivity (Wildman–Crippen MR) is 108 cm³/mol. The number of pyridine rings is 2. The van der Waals surface area contributed by atoms with Gasteiger partial charge in [-0.05, 0) is 49.1 Å². The van der Waals surface area contributed by atoms with Gasteiger partial charge in [0.15, 0.2) is 0 Å². The van der Waals surface area contributed by atoms with Crippen molar-refractivity contribution in [1.29, 1.82) is 0 Å². The summed E-state index contributed by atoms with van der Waals surface area (Å²) in [6.07, 6.45) is 7.43. The number of carbonyl (C=O) groups excluding carboxylic acids is 1. The normalized spacial score (nSPS) is 14.8. The van der Waals surface area contributed by atoms with Crippen molar-refractivity contribution in [3.05, 3.63) is 59.3 Å². The number of anilines is 1. The van der Waals surface area contributed by atoms with Crippen molar-refractivity contribution in [2.75, 3.05) is 25.0 Å². The van der Waals surface area contributed by atoms with Gasteiger partial charge in [0.25, 0.3) is 5.56 Å². The van der Waals surface area contributed by atoms with Crippen LogP contribution in [0.4, 0.5) is 5.69 Å². The summed E-state index contributed by atoms with van der Waals surface area (Å²) in [6.45, 7) is 6.98. The van der Waals surface area contributed by atoms with Gasteiger partial charge in [0.1, 0.15) is 5.69 Å². The van der Waals surface area contributed by atoms with Crippen molar-refractivity contribution in [3.8, 4) is 11.1 Å². The molecule has 1 aliphatic rings. The highest BCUT2D eigenvalue weighted by atomic mass is 16.2. The van der Waals surface area contributed by atoms with Crippen LogP contribution in [-0.2, 0) is 11.2 Å². The van der Waals surface area contributed by atoms with E-state index in [1.165, 1.54) is 6.08 Å². The molecular weight excluding hydrogens is 340 g/mol.